The van der Waals surface area contributed by atoms with Crippen LogP contribution in [0.2, 0.25) is 0 Å². The molecule has 0 aliphatic carbocycles. The van der Waals surface area contributed by atoms with Gasteiger partial charge in [0.25, 0.3) is 11.8 Å². The number of nitrogens with one attached hydrogen (secondary N) is 1. The maximum Gasteiger partial charge on any atom is 0.262 e. The van der Waals surface area contributed by atoms with Crippen molar-refractivity contribution in [1.82, 2.24) is 10.2 Å². The maximum absolute atomic E-state index is 12.9. The van der Waals surface area contributed by atoms with Crippen LogP contribution in [0.25, 0.3) is 0 Å². The van der Waals surface area contributed by atoms with Gasteiger partial charge >= 0.3 is 0 Å². The summed E-state index contributed by atoms with van der Waals surface area (Å²) in [5.41, 5.74) is 1.92. The van der Waals surface area contributed by atoms with Crippen molar-refractivity contribution >= 4 is 29.3 Å². The summed E-state index contributed by atoms with van der Waals surface area (Å²) in [5, 5.41) is 2.21. The number of nitrogens with zero attached hydrogens (tertiary/aromatic N) is 2. The lowest BCUT2D eigenvalue weighted by Crippen LogP contribution is -2.56. The van der Waals surface area contributed by atoms with Crippen LogP contribution in [0.1, 0.15) is 60.2 Å². The highest BCUT2D eigenvalue weighted by molar-refractivity contribution is 6.23. The molecular weight excluding hydrogens is 346 g/mol. The fraction of sp³-hybridized carbons (Fsp3) is 0.500. The van der Waals surface area contributed by atoms with Crippen molar-refractivity contribution in [2.24, 2.45) is 5.41 Å². The predicted molar refractivity (Wildman–Crippen MR) is 98.3 cm³/mol. The molecule has 1 unspecified atom stereocenters. The second kappa shape index (κ2) is 6.18. The third-order valence-corrected chi connectivity index (χ3v) is 6.34. The molecule has 4 amide bonds. The second-order valence-corrected chi connectivity index (χ2v) is 7.74. The summed E-state index contributed by atoms with van der Waals surface area (Å²) in [5.74, 6) is -1.87. The normalized spacial score (nSPS) is 24.0. The van der Waals surface area contributed by atoms with Crippen LogP contribution in [0.5, 0.6) is 0 Å². The zero-order chi connectivity index (χ0) is 19.3. The molecule has 3 aliphatic rings. The molecule has 1 aromatic carbocycles. The summed E-state index contributed by atoms with van der Waals surface area (Å²) in [6, 6.07) is 4.38. The average molecular weight is 369 g/mol. The van der Waals surface area contributed by atoms with E-state index in [9.17, 15) is 19.2 Å². The van der Waals surface area contributed by atoms with Crippen molar-refractivity contribution < 1.29 is 19.2 Å². The van der Waals surface area contributed by atoms with E-state index in [1.54, 1.807) is 12.1 Å². The molecule has 1 aromatic rings. The molecule has 2 saturated heterocycles. The molecule has 4 rings (SSSR count). The van der Waals surface area contributed by atoms with Gasteiger partial charge in [-0.25, -0.2) is 0 Å². The Labute approximate surface area is 157 Å². The summed E-state index contributed by atoms with van der Waals surface area (Å²) in [6.45, 7) is 6.28. The molecule has 3 heterocycles. The molecule has 27 heavy (non-hydrogen) atoms. The standard InChI is InChI=1S/C20H23N3O4/c1-3-20(4-2)10-22(11-20)12-5-6-13-14(9-12)19(27)23(18(13)26)15-7-8-16(24)21-17(15)25/h5-6,9,15H,3-4,7-8,10-11H2,1-2H3,(H,21,24,25). The highest BCUT2D eigenvalue weighted by Gasteiger charge is 2.45. The SMILES string of the molecule is CCC1(CC)CN(c2ccc3c(c2)C(=O)N(C2CCC(=O)NC2=O)C3=O)C1. The monoisotopic (exact) mass is 369 g/mol. The average Bonchev–Trinajstić information content (AvgIpc) is 2.86. The van der Waals surface area contributed by atoms with Crippen LogP contribution in [0, 0.1) is 5.41 Å². The lowest BCUT2D eigenvalue weighted by Gasteiger charge is -2.51. The van der Waals surface area contributed by atoms with Gasteiger partial charge in [-0.3, -0.25) is 29.4 Å². The van der Waals surface area contributed by atoms with Gasteiger partial charge in [-0.2, -0.15) is 0 Å². The van der Waals surface area contributed by atoms with Crippen molar-refractivity contribution in [2.45, 2.75) is 45.6 Å². The number of amides is 4. The first-order valence-corrected chi connectivity index (χ1v) is 9.49. The molecule has 0 radical (unpaired) electrons. The fourth-order valence-electron chi connectivity index (χ4n) is 4.30. The molecule has 0 bridgehead atoms. The largest absolute Gasteiger partial charge is 0.370 e. The van der Waals surface area contributed by atoms with Crippen LogP contribution in [-0.2, 0) is 9.59 Å². The van der Waals surface area contributed by atoms with Gasteiger partial charge in [0.05, 0.1) is 11.1 Å². The number of rotatable bonds is 4. The number of hydrogen-bond donors (Lipinski definition) is 1. The van der Waals surface area contributed by atoms with E-state index in [0.29, 0.717) is 16.5 Å². The summed E-state index contributed by atoms with van der Waals surface area (Å²) < 4.78 is 0. The minimum absolute atomic E-state index is 0.124. The van der Waals surface area contributed by atoms with Gasteiger partial charge < -0.3 is 4.90 Å². The van der Waals surface area contributed by atoms with Gasteiger partial charge in [-0.05, 0) is 37.5 Å². The number of piperidine rings is 1. The van der Waals surface area contributed by atoms with Crippen LogP contribution < -0.4 is 10.2 Å². The zero-order valence-corrected chi connectivity index (χ0v) is 15.6. The number of carbonyl (C=O) groups is 4. The Morgan fingerprint density at radius 2 is 1.70 bits per heavy atom. The number of benzene rings is 1. The first kappa shape index (κ1) is 17.7. The Morgan fingerprint density at radius 1 is 1.04 bits per heavy atom. The number of anilines is 1. The smallest absolute Gasteiger partial charge is 0.262 e. The van der Waals surface area contributed by atoms with Crippen molar-refractivity contribution in [3.05, 3.63) is 29.3 Å². The van der Waals surface area contributed by atoms with Crippen molar-refractivity contribution in [3.63, 3.8) is 0 Å². The Hall–Kier alpha value is -2.70. The third kappa shape index (κ3) is 2.64. The number of carbonyl (C=O) groups excluding carboxylic acids is 4. The van der Waals surface area contributed by atoms with Crippen LogP contribution in [0.15, 0.2) is 18.2 Å². The molecule has 0 spiro atoms. The van der Waals surface area contributed by atoms with E-state index in [1.807, 2.05) is 6.07 Å². The van der Waals surface area contributed by atoms with Crippen LogP contribution in [0.3, 0.4) is 0 Å². The van der Waals surface area contributed by atoms with Crippen LogP contribution >= 0.6 is 0 Å². The topological polar surface area (TPSA) is 86.8 Å². The predicted octanol–water partition coefficient (Wildman–Crippen LogP) is 1.71. The highest BCUT2D eigenvalue weighted by atomic mass is 16.2. The highest BCUT2D eigenvalue weighted by Crippen LogP contribution is 2.41. The van der Waals surface area contributed by atoms with Crippen LogP contribution in [-0.4, -0.2) is 47.7 Å². The van der Waals surface area contributed by atoms with Crippen molar-refractivity contribution in [3.8, 4) is 0 Å². The van der Waals surface area contributed by atoms with Crippen molar-refractivity contribution in [2.75, 3.05) is 18.0 Å². The number of imide groups is 2. The first-order valence-electron chi connectivity index (χ1n) is 9.49. The van der Waals surface area contributed by atoms with Gasteiger partial charge in [0.1, 0.15) is 6.04 Å². The molecule has 7 heteroatoms. The number of fused-ring (bicyclic) bond motifs is 1. The van der Waals surface area contributed by atoms with Gasteiger partial charge in [0, 0.05) is 30.6 Å². The molecule has 1 atom stereocenters. The molecule has 3 aliphatic heterocycles. The van der Waals surface area contributed by atoms with Gasteiger partial charge in [-0.15, -0.1) is 0 Å². The lowest BCUT2D eigenvalue weighted by atomic mass is 9.75. The van der Waals surface area contributed by atoms with E-state index in [4.69, 9.17) is 0 Å². The van der Waals surface area contributed by atoms with E-state index < -0.39 is 23.8 Å². The van der Waals surface area contributed by atoms with E-state index in [2.05, 4.69) is 24.1 Å². The summed E-state index contributed by atoms with van der Waals surface area (Å²) in [7, 11) is 0. The second-order valence-electron chi connectivity index (χ2n) is 7.74. The molecule has 7 nitrogen and oxygen atoms in total. The quantitative estimate of drug-likeness (QED) is 0.817. The summed E-state index contributed by atoms with van der Waals surface area (Å²) in [4.78, 5) is 52.3. The molecular formula is C20H23N3O4. The Bertz CT molecular complexity index is 851. The summed E-state index contributed by atoms with van der Waals surface area (Å²) in [6.07, 6.45) is 2.53. The molecule has 142 valence electrons. The minimum atomic E-state index is -0.921. The Morgan fingerprint density at radius 3 is 2.33 bits per heavy atom. The Balaban J connectivity index is 1.57. The molecule has 1 N–H and O–H groups in total. The molecule has 0 saturated carbocycles. The van der Waals surface area contributed by atoms with E-state index >= 15 is 0 Å². The zero-order valence-electron chi connectivity index (χ0n) is 15.6. The lowest BCUT2D eigenvalue weighted by molar-refractivity contribution is -0.136. The minimum Gasteiger partial charge on any atom is -0.370 e. The van der Waals surface area contributed by atoms with E-state index in [1.165, 1.54) is 0 Å². The third-order valence-electron chi connectivity index (χ3n) is 6.34. The Kier molecular flexibility index (Phi) is 4.05. The maximum atomic E-state index is 12.9. The fourth-order valence-corrected chi connectivity index (χ4v) is 4.30. The number of hydrogen-bond acceptors (Lipinski definition) is 5. The van der Waals surface area contributed by atoms with E-state index in [0.717, 1.165) is 36.5 Å². The van der Waals surface area contributed by atoms with Crippen LogP contribution in [0.4, 0.5) is 5.69 Å². The van der Waals surface area contributed by atoms with Crippen molar-refractivity contribution in [1.29, 1.82) is 0 Å². The molecule has 2 fully saturated rings. The van der Waals surface area contributed by atoms with Gasteiger partial charge in [-0.1, -0.05) is 13.8 Å². The van der Waals surface area contributed by atoms with E-state index in [-0.39, 0.29) is 18.7 Å². The molecule has 0 aromatic heterocycles. The van der Waals surface area contributed by atoms with Gasteiger partial charge in [0.2, 0.25) is 11.8 Å². The first-order chi connectivity index (χ1) is 12.9. The summed E-state index contributed by atoms with van der Waals surface area (Å²) >= 11 is 0. The van der Waals surface area contributed by atoms with Gasteiger partial charge in [0.15, 0.2) is 0 Å².